The first kappa shape index (κ1) is 14.3. The van der Waals surface area contributed by atoms with E-state index in [0.29, 0.717) is 6.04 Å². The smallest absolute Gasteiger partial charge is 0.0593 e. The summed E-state index contributed by atoms with van der Waals surface area (Å²) in [6.07, 6.45) is 9.42. The number of ether oxygens (including phenoxy) is 1. The molecule has 0 amide bonds. The third kappa shape index (κ3) is 4.22. The number of hydrogen-bond acceptors (Lipinski definition) is 3. The molecule has 1 saturated carbocycles. The van der Waals surface area contributed by atoms with Gasteiger partial charge in [0.1, 0.15) is 0 Å². The summed E-state index contributed by atoms with van der Waals surface area (Å²) in [6.45, 7) is 7.68. The van der Waals surface area contributed by atoms with Gasteiger partial charge in [0.05, 0.1) is 6.61 Å². The second-order valence-electron chi connectivity index (χ2n) is 5.77. The number of hydrogen-bond donors (Lipinski definition) is 1. The average molecular weight is 254 g/mol. The van der Waals surface area contributed by atoms with Crippen LogP contribution in [0.5, 0.6) is 0 Å². The van der Waals surface area contributed by atoms with E-state index in [1.807, 2.05) is 0 Å². The van der Waals surface area contributed by atoms with Crippen molar-refractivity contribution in [1.82, 2.24) is 10.2 Å². The van der Waals surface area contributed by atoms with Crippen LogP contribution < -0.4 is 5.32 Å². The van der Waals surface area contributed by atoms with E-state index in [1.165, 1.54) is 58.0 Å². The van der Waals surface area contributed by atoms with Crippen molar-refractivity contribution in [1.29, 1.82) is 0 Å². The maximum absolute atomic E-state index is 5.60. The van der Waals surface area contributed by atoms with E-state index in [2.05, 4.69) is 17.1 Å². The third-order valence-corrected chi connectivity index (χ3v) is 4.36. The molecule has 0 aromatic heterocycles. The molecule has 1 saturated heterocycles. The van der Waals surface area contributed by atoms with Crippen LogP contribution in [0.25, 0.3) is 0 Å². The van der Waals surface area contributed by atoms with E-state index in [9.17, 15) is 0 Å². The topological polar surface area (TPSA) is 24.5 Å². The number of nitrogens with one attached hydrogen (secondary N) is 1. The lowest BCUT2D eigenvalue weighted by Crippen LogP contribution is -2.50. The predicted molar refractivity (Wildman–Crippen MR) is 76.0 cm³/mol. The monoisotopic (exact) mass is 254 g/mol. The molecule has 2 aliphatic rings. The van der Waals surface area contributed by atoms with Gasteiger partial charge in [-0.2, -0.15) is 0 Å². The molecule has 0 spiro atoms. The minimum atomic E-state index is 0.713. The molecule has 1 aliphatic carbocycles. The molecule has 1 aliphatic heterocycles. The van der Waals surface area contributed by atoms with Crippen molar-refractivity contribution in [3.63, 3.8) is 0 Å². The van der Waals surface area contributed by atoms with Crippen LogP contribution in [0, 0.1) is 0 Å². The van der Waals surface area contributed by atoms with Crippen LogP contribution in [-0.2, 0) is 4.74 Å². The Morgan fingerprint density at radius 3 is 2.83 bits per heavy atom. The van der Waals surface area contributed by atoms with Gasteiger partial charge in [0.15, 0.2) is 0 Å². The Bertz CT molecular complexity index is 215. The molecule has 2 unspecified atom stereocenters. The molecule has 0 aromatic carbocycles. The average Bonchev–Trinajstić information content (AvgIpc) is 2.78. The zero-order chi connectivity index (χ0) is 12.6. The minimum absolute atomic E-state index is 0.713. The molecule has 18 heavy (non-hydrogen) atoms. The molecule has 106 valence electrons. The van der Waals surface area contributed by atoms with E-state index in [4.69, 9.17) is 4.74 Å². The van der Waals surface area contributed by atoms with Crippen molar-refractivity contribution < 1.29 is 4.74 Å². The van der Waals surface area contributed by atoms with Gasteiger partial charge in [-0.25, -0.2) is 0 Å². The summed E-state index contributed by atoms with van der Waals surface area (Å²) < 4.78 is 5.60. The summed E-state index contributed by atoms with van der Waals surface area (Å²) in [5.74, 6) is 0. The van der Waals surface area contributed by atoms with Crippen LogP contribution in [0.4, 0.5) is 0 Å². The lowest BCUT2D eigenvalue weighted by molar-refractivity contribution is 0.117. The lowest BCUT2D eigenvalue weighted by Gasteiger charge is -2.36. The molecule has 0 bridgehead atoms. The fourth-order valence-electron chi connectivity index (χ4n) is 3.39. The summed E-state index contributed by atoms with van der Waals surface area (Å²) in [7, 11) is 0. The van der Waals surface area contributed by atoms with Crippen molar-refractivity contribution in [2.24, 2.45) is 0 Å². The quantitative estimate of drug-likeness (QED) is 0.780. The SMILES string of the molecule is CCCNC1CCCCCC1N1CCCOCC1. The van der Waals surface area contributed by atoms with Crippen LogP contribution in [0.15, 0.2) is 0 Å². The first-order chi connectivity index (χ1) is 8.92. The van der Waals surface area contributed by atoms with Crippen LogP contribution in [0.3, 0.4) is 0 Å². The molecule has 3 heteroatoms. The highest BCUT2D eigenvalue weighted by atomic mass is 16.5. The molecule has 2 atom stereocenters. The van der Waals surface area contributed by atoms with Gasteiger partial charge in [0.2, 0.25) is 0 Å². The zero-order valence-electron chi connectivity index (χ0n) is 12.0. The van der Waals surface area contributed by atoms with E-state index >= 15 is 0 Å². The Labute approximate surface area is 112 Å². The van der Waals surface area contributed by atoms with Gasteiger partial charge in [-0.3, -0.25) is 4.90 Å². The zero-order valence-corrected chi connectivity index (χ0v) is 12.0. The number of nitrogens with zero attached hydrogens (tertiary/aromatic N) is 1. The Morgan fingerprint density at radius 2 is 1.94 bits per heavy atom. The summed E-state index contributed by atoms with van der Waals surface area (Å²) in [5, 5.41) is 3.80. The second-order valence-corrected chi connectivity index (χ2v) is 5.77. The number of rotatable bonds is 4. The van der Waals surface area contributed by atoms with Crippen LogP contribution in [0.2, 0.25) is 0 Å². The van der Waals surface area contributed by atoms with Crippen molar-refractivity contribution in [2.75, 3.05) is 32.8 Å². The molecule has 0 aromatic rings. The molecular weight excluding hydrogens is 224 g/mol. The van der Waals surface area contributed by atoms with Gasteiger partial charge in [0.25, 0.3) is 0 Å². The first-order valence-corrected chi connectivity index (χ1v) is 7.97. The Balaban J connectivity index is 1.94. The molecular formula is C15H30N2O. The van der Waals surface area contributed by atoms with Gasteiger partial charge in [0, 0.05) is 31.8 Å². The molecule has 1 heterocycles. The summed E-state index contributed by atoms with van der Waals surface area (Å²) in [6, 6.07) is 1.46. The first-order valence-electron chi connectivity index (χ1n) is 7.97. The lowest BCUT2D eigenvalue weighted by atomic mass is 10.0. The third-order valence-electron chi connectivity index (χ3n) is 4.36. The van der Waals surface area contributed by atoms with Gasteiger partial charge >= 0.3 is 0 Å². The normalized spacial score (nSPS) is 31.8. The highest BCUT2D eigenvalue weighted by Gasteiger charge is 2.28. The summed E-state index contributed by atoms with van der Waals surface area (Å²) in [5.41, 5.74) is 0. The highest BCUT2D eigenvalue weighted by molar-refractivity contribution is 4.87. The van der Waals surface area contributed by atoms with Crippen molar-refractivity contribution in [3.8, 4) is 0 Å². The summed E-state index contributed by atoms with van der Waals surface area (Å²) >= 11 is 0. The minimum Gasteiger partial charge on any atom is -0.380 e. The van der Waals surface area contributed by atoms with E-state index in [1.54, 1.807) is 0 Å². The molecule has 0 radical (unpaired) electrons. The standard InChI is InChI=1S/C15H30N2O/c1-2-9-16-14-7-4-3-5-8-15(14)17-10-6-12-18-13-11-17/h14-16H,2-13H2,1H3. The van der Waals surface area contributed by atoms with E-state index < -0.39 is 0 Å². The fourth-order valence-corrected chi connectivity index (χ4v) is 3.39. The maximum atomic E-state index is 5.60. The highest BCUT2D eigenvalue weighted by Crippen LogP contribution is 2.23. The predicted octanol–water partition coefficient (Wildman–Crippen LogP) is 2.41. The largest absolute Gasteiger partial charge is 0.380 e. The molecule has 2 rings (SSSR count). The summed E-state index contributed by atoms with van der Waals surface area (Å²) in [4.78, 5) is 2.70. The van der Waals surface area contributed by atoms with E-state index in [-0.39, 0.29) is 0 Å². The Morgan fingerprint density at radius 1 is 1.06 bits per heavy atom. The second kappa shape index (κ2) is 8.13. The maximum Gasteiger partial charge on any atom is 0.0593 e. The molecule has 3 nitrogen and oxygen atoms in total. The van der Waals surface area contributed by atoms with Crippen LogP contribution in [-0.4, -0.2) is 49.8 Å². The van der Waals surface area contributed by atoms with Crippen LogP contribution >= 0.6 is 0 Å². The van der Waals surface area contributed by atoms with Crippen molar-refractivity contribution in [2.45, 2.75) is 64.0 Å². The van der Waals surface area contributed by atoms with Crippen LogP contribution in [0.1, 0.15) is 51.9 Å². The fraction of sp³-hybridized carbons (Fsp3) is 1.00. The van der Waals surface area contributed by atoms with Gasteiger partial charge in [-0.05, 0) is 32.2 Å². The Kier molecular flexibility index (Phi) is 6.46. The van der Waals surface area contributed by atoms with Crippen molar-refractivity contribution in [3.05, 3.63) is 0 Å². The van der Waals surface area contributed by atoms with Gasteiger partial charge < -0.3 is 10.1 Å². The molecule has 1 N–H and O–H groups in total. The Hall–Kier alpha value is -0.120. The van der Waals surface area contributed by atoms with Crippen molar-refractivity contribution >= 4 is 0 Å². The van der Waals surface area contributed by atoms with Gasteiger partial charge in [-0.15, -0.1) is 0 Å². The van der Waals surface area contributed by atoms with Gasteiger partial charge in [-0.1, -0.05) is 26.2 Å². The van der Waals surface area contributed by atoms with E-state index in [0.717, 1.165) is 25.8 Å². The molecule has 2 fully saturated rings.